The Morgan fingerprint density at radius 2 is 2.00 bits per heavy atom. The number of carbonyl (C=O) groups excluding carboxylic acids is 1. The number of amides is 1. The maximum atomic E-state index is 12.2. The molecule has 6 nitrogen and oxygen atoms in total. The molecule has 1 N–H and O–H groups in total. The van der Waals surface area contributed by atoms with E-state index in [4.69, 9.17) is 4.74 Å². The molecular weight excluding hydrogens is 316 g/mol. The first-order valence-electron chi connectivity index (χ1n) is 8.76. The average Bonchev–Trinajstić information content (AvgIpc) is 2.78. The number of hydrogen-bond acceptors (Lipinski definition) is 4. The van der Waals surface area contributed by atoms with E-state index >= 15 is 0 Å². The van der Waals surface area contributed by atoms with Crippen molar-refractivity contribution in [3.05, 3.63) is 0 Å². The minimum absolute atomic E-state index is 0.182. The third-order valence-corrected chi connectivity index (χ3v) is 7.88. The maximum Gasteiger partial charge on any atom is 0.223 e. The Morgan fingerprint density at radius 3 is 2.57 bits per heavy atom. The molecule has 2 aliphatic heterocycles. The first-order valence-corrected chi connectivity index (χ1v) is 10.3. The molecule has 1 amide bonds. The lowest BCUT2D eigenvalue weighted by Crippen LogP contribution is -2.67. The molecular formula is C16H28N2O4S. The second-order valence-electron chi connectivity index (χ2n) is 7.47. The third kappa shape index (κ3) is 3.15. The zero-order valence-corrected chi connectivity index (χ0v) is 14.9. The lowest BCUT2D eigenvalue weighted by molar-refractivity contribution is -0.127. The first-order chi connectivity index (χ1) is 10.8. The fourth-order valence-electron chi connectivity index (χ4n) is 3.76. The summed E-state index contributed by atoms with van der Waals surface area (Å²) in [5.74, 6) is 0.740. The van der Waals surface area contributed by atoms with E-state index in [1.807, 2.05) is 0 Å². The van der Waals surface area contributed by atoms with E-state index in [1.54, 1.807) is 18.2 Å². The first kappa shape index (κ1) is 17.2. The average molecular weight is 344 g/mol. The van der Waals surface area contributed by atoms with Crippen LogP contribution >= 0.6 is 0 Å². The van der Waals surface area contributed by atoms with Gasteiger partial charge in [0.15, 0.2) is 0 Å². The summed E-state index contributed by atoms with van der Waals surface area (Å²) in [5, 5.41) is 2.64. The van der Waals surface area contributed by atoms with Gasteiger partial charge in [-0.05, 0) is 45.4 Å². The van der Waals surface area contributed by atoms with Gasteiger partial charge in [-0.25, -0.2) is 8.42 Å². The normalized spacial score (nSPS) is 27.9. The van der Waals surface area contributed by atoms with Crippen LogP contribution in [-0.2, 0) is 19.6 Å². The van der Waals surface area contributed by atoms with Crippen LogP contribution in [0.1, 0.15) is 46.0 Å². The van der Waals surface area contributed by atoms with Crippen LogP contribution in [0.5, 0.6) is 0 Å². The van der Waals surface area contributed by atoms with Gasteiger partial charge in [-0.15, -0.1) is 0 Å². The Balaban J connectivity index is 1.48. The smallest absolute Gasteiger partial charge is 0.223 e. The molecule has 3 fully saturated rings. The van der Waals surface area contributed by atoms with Crippen molar-refractivity contribution >= 4 is 15.9 Å². The van der Waals surface area contributed by atoms with Gasteiger partial charge in [-0.2, -0.15) is 4.31 Å². The Hall–Kier alpha value is -0.660. The second-order valence-corrected chi connectivity index (χ2v) is 9.96. The van der Waals surface area contributed by atoms with Gasteiger partial charge in [0.1, 0.15) is 0 Å². The van der Waals surface area contributed by atoms with E-state index in [0.29, 0.717) is 32.2 Å². The van der Waals surface area contributed by atoms with Crippen LogP contribution in [0.25, 0.3) is 0 Å². The Labute approximate surface area is 139 Å². The Bertz CT molecular complexity index is 550. The zero-order chi connectivity index (χ0) is 16.7. The van der Waals surface area contributed by atoms with E-state index < -0.39 is 10.0 Å². The maximum absolute atomic E-state index is 12.2. The largest absolute Gasteiger partial charge is 0.372 e. The van der Waals surface area contributed by atoms with Crippen LogP contribution in [0.15, 0.2) is 0 Å². The van der Waals surface area contributed by atoms with Gasteiger partial charge in [0, 0.05) is 32.2 Å². The van der Waals surface area contributed by atoms with Crippen molar-refractivity contribution in [2.45, 2.75) is 56.8 Å². The molecule has 0 radical (unpaired) electrons. The second kappa shape index (κ2) is 6.33. The van der Waals surface area contributed by atoms with Gasteiger partial charge in [-0.1, -0.05) is 6.42 Å². The molecule has 132 valence electrons. The number of rotatable bonds is 6. The van der Waals surface area contributed by atoms with Gasteiger partial charge in [0.05, 0.1) is 10.9 Å². The molecule has 2 saturated heterocycles. The van der Waals surface area contributed by atoms with E-state index in [1.165, 1.54) is 0 Å². The molecule has 0 unspecified atom stereocenters. The van der Waals surface area contributed by atoms with Gasteiger partial charge in [-0.3, -0.25) is 4.79 Å². The van der Waals surface area contributed by atoms with Crippen LogP contribution in [-0.4, -0.2) is 55.7 Å². The summed E-state index contributed by atoms with van der Waals surface area (Å²) in [7, 11) is -3.18. The van der Waals surface area contributed by atoms with Crippen molar-refractivity contribution in [2.24, 2.45) is 11.8 Å². The number of sulfonamides is 1. The lowest BCUT2D eigenvalue weighted by atomic mass is 9.80. The molecule has 1 atom stereocenters. The van der Waals surface area contributed by atoms with E-state index in [-0.39, 0.29) is 22.7 Å². The number of hydrogen-bond donors (Lipinski definition) is 1. The van der Waals surface area contributed by atoms with Crippen LogP contribution in [0.3, 0.4) is 0 Å². The topological polar surface area (TPSA) is 75.7 Å². The summed E-state index contributed by atoms with van der Waals surface area (Å²) in [4.78, 5) is 11.9. The van der Waals surface area contributed by atoms with E-state index in [0.717, 1.165) is 32.1 Å². The van der Waals surface area contributed by atoms with Crippen molar-refractivity contribution in [3.63, 3.8) is 0 Å². The fraction of sp³-hybridized carbons (Fsp3) is 0.938. The van der Waals surface area contributed by atoms with E-state index in [9.17, 15) is 13.2 Å². The van der Waals surface area contributed by atoms with Gasteiger partial charge in [0.25, 0.3) is 0 Å². The molecule has 0 bridgehead atoms. The molecule has 2 heterocycles. The minimum Gasteiger partial charge on any atom is -0.372 e. The molecule has 0 aromatic heterocycles. The third-order valence-electron chi connectivity index (χ3n) is 5.71. The molecule has 0 aromatic rings. The van der Waals surface area contributed by atoms with Crippen LogP contribution in [0.4, 0.5) is 0 Å². The van der Waals surface area contributed by atoms with Gasteiger partial charge in [0.2, 0.25) is 15.9 Å². The molecule has 0 aromatic carbocycles. The quantitative estimate of drug-likeness (QED) is 0.783. The predicted molar refractivity (Wildman–Crippen MR) is 87.4 cm³/mol. The number of ether oxygens (including phenoxy) is 1. The highest BCUT2D eigenvalue weighted by molar-refractivity contribution is 7.89. The summed E-state index contributed by atoms with van der Waals surface area (Å²) < 4.78 is 31.8. The molecule has 3 aliphatic rings. The van der Waals surface area contributed by atoms with Gasteiger partial charge < -0.3 is 10.1 Å². The lowest BCUT2D eigenvalue weighted by Gasteiger charge is -2.49. The van der Waals surface area contributed by atoms with E-state index in [2.05, 4.69) is 5.32 Å². The van der Waals surface area contributed by atoms with Gasteiger partial charge >= 0.3 is 0 Å². The van der Waals surface area contributed by atoms with Crippen molar-refractivity contribution in [3.8, 4) is 0 Å². The molecule has 1 saturated carbocycles. The Kier molecular flexibility index (Phi) is 4.73. The summed E-state index contributed by atoms with van der Waals surface area (Å²) in [6, 6.07) is 0. The number of nitrogens with one attached hydrogen (secondary N) is 1. The number of nitrogens with zero attached hydrogens (tertiary/aromatic N) is 1. The van der Waals surface area contributed by atoms with Crippen molar-refractivity contribution in [2.75, 3.05) is 26.2 Å². The summed E-state index contributed by atoms with van der Waals surface area (Å²) in [6.45, 7) is 5.72. The van der Waals surface area contributed by atoms with Crippen molar-refractivity contribution < 1.29 is 17.9 Å². The van der Waals surface area contributed by atoms with Crippen LogP contribution in [0, 0.1) is 11.8 Å². The molecule has 23 heavy (non-hydrogen) atoms. The summed E-state index contributed by atoms with van der Waals surface area (Å²) >= 11 is 0. The zero-order valence-electron chi connectivity index (χ0n) is 14.1. The van der Waals surface area contributed by atoms with Crippen molar-refractivity contribution in [1.29, 1.82) is 0 Å². The standard InChI is InChI=1S/C16H28N2O4S/c1-12(2)23(20,21)18-10-16(11-18)14(7-9-22-16)6-8-17-15(19)13-4-3-5-13/h12-14H,3-11H2,1-2H3,(H,17,19)/t14-/m1/s1. The number of carbonyl (C=O) groups is 1. The SMILES string of the molecule is CC(C)S(=O)(=O)N1CC2(C1)OCC[C@H]2CCNC(=O)C1CCC1. The molecule has 1 aliphatic carbocycles. The van der Waals surface area contributed by atoms with Crippen LogP contribution in [0.2, 0.25) is 0 Å². The predicted octanol–water partition coefficient (Wildman–Crippen LogP) is 1.12. The highest BCUT2D eigenvalue weighted by Gasteiger charge is 2.56. The highest BCUT2D eigenvalue weighted by Crippen LogP contribution is 2.43. The Morgan fingerprint density at radius 1 is 1.30 bits per heavy atom. The highest BCUT2D eigenvalue weighted by atomic mass is 32.2. The fourth-order valence-corrected chi connectivity index (χ4v) is 5.15. The summed E-state index contributed by atoms with van der Waals surface area (Å²) in [5.41, 5.74) is -0.316. The van der Waals surface area contributed by atoms with Crippen LogP contribution < -0.4 is 5.32 Å². The molecule has 1 spiro atoms. The minimum atomic E-state index is -3.18. The van der Waals surface area contributed by atoms with Crippen molar-refractivity contribution in [1.82, 2.24) is 9.62 Å². The monoisotopic (exact) mass is 344 g/mol. The summed E-state index contributed by atoms with van der Waals surface area (Å²) in [6.07, 6.45) is 5.02. The molecule has 3 rings (SSSR count). The molecule has 7 heteroatoms.